The molecule has 0 radical (unpaired) electrons. The van der Waals surface area contributed by atoms with Crippen LogP contribution in [0, 0.1) is 11.6 Å². The van der Waals surface area contributed by atoms with Gasteiger partial charge in [-0.05, 0) is 48.1 Å². The SMILES string of the molecule is O=C(CCc1ccc(F)c(F)c1)NCCCN1CCc2ccccc2C1. The highest BCUT2D eigenvalue weighted by Crippen LogP contribution is 2.18. The molecule has 26 heavy (non-hydrogen) atoms. The van der Waals surface area contributed by atoms with Gasteiger partial charge in [0.1, 0.15) is 0 Å². The van der Waals surface area contributed by atoms with E-state index >= 15 is 0 Å². The van der Waals surface area contributed by atoms with Gasteiger partial charge in [0.05, 0.1) is 0 Å². The molecule has 0 aliphatic carbocycles. The molecule has 3 nitrogen and oxygen atoms in total. The number of carbonyl (C=O) groups is 1. The minimum Gasteiger partial charge on any atom is -0.356 e. The van der Waals surface area contributed by atoms with Gasteiger partial charge < -0.3 is 5.32 Å². The Hall–Kier alpha value is -2.27. The predicted octanol–water partition coefficient (Wildman–Crippen LogP) is 3.46. The van der Waals surface area contributed by atoms with E-state index < -0.39 is 11.6 Å². The largest absolute Gasteiger partial charge is 0.356 e. The smallest absolute Gasteiger partial charge is 0.220 e. The van der Waals surface area contributed by atoms with Crippen molar-refractivity contribution in [3.05, 3.63) is 70.8 Å². The zero-order chi connectivity index (χ0) is 18.4. The van der Waals surface area contributed by atoms with Crippen molar-refractivity contribution in [2.45, 2.75) is 32.2 Å². The Morgan fingerprint density at radius 3 is 2.69 bits per heavy atom. The van der Waals surface area contributed by atoms with Crippen molar-refractivity contribution in [2.24, 2.45) is 0 Å². The van der Waals surface area contributed by atoms with E-state index in [4.69, 9.17) is 0 Å². The van der Waals surface area contributed by atoms with Gasteiger partial charge in [-0.25, -0.2) is 8.78 Å². The van der Waals surface area contributed by atoms with Crippen LogP contribution < -0.4 is 5.32 Å². The minimum absolute atomic E-state index is 0.0567. The van der Waals surface area contributed by atoms with Gasteiger partial charge in [-0.3, -0.25) is 9.69 Å². The maximum absolute atomic E-state index is 13.1. The second-order valence-corrected chi connectivity index (χ2v) is 6.75. The van der Waals surface area contributed by atoms with E-state index in [0.29, 0.717) is 18.5 Å². The van der Waals surface area contributed by atoms with E-state index in [-0.39, 0.29) is 12.3 Å². The van der Waals surface area contributed by atoms with Crippen LogP contribution in [0.3, 0.4) is 0 Å². The van der Waals surface area contributed by atoms with Gasteiger partial charge >= 0.3 is 0 Å². The molecule has 0 aromatic heterocycles. The lowest BCUT2D eigenvalue weighted by molar-refractivity contribution is -0.121. The average Bonchev–Trinajstić information content (AvgIpc) is 2.66. The molecule has 5 heteroatoms. The van der Waals surface area contributed by atoms with Crippen LogP contribution in [0.25, 0.3) is 0 Å². The number of carbonyl (C=O) groups excluding carboxylic acids is 1. The normalized spacial score (nSPS) is 14.1. The van der Waals surface area contributed by atoms with Crippen LogP contribution in [0.15, 0.2) is 42.5 Å². The predicted molar refractivity (Wildman–Crippen MR) is 97.7 cm³/mol. The van der Waals surface area contributed by atoms with Gasteiger partial charge in [0.15, 0.2) is 11.6 Å². The lowest BCUT2D eigenvalue weighted by Gasteiger charge is -2.28. The Balaban J connectivity index is 1.32. The number of fused-ring (bicyclic) bond motifs is 1. The van der Waals surface area contributed by atoms with Crippen LogP contribution in [0.2, 0.25) is 0 Å². The lowest BCUT2D eigenvalue weighted by Crippen LogP contribution is -2.33. The fraction of sp³-hybridized carbons (Fsp3) is 0.381. The summed E-state index contributed by atoms with van der Waals surface area (Å²) in [6, 6.07) is 12.3. The van der Waals surface area contributed by atoms with E-state index in [2.05, 4.69) is 34.5 Å². The fourth-order valence-electron chi connectivity index (χ4n) is 3.32. The Labute approximate surface area is 153 Å². The molecule has 1 N–H and O–H groups in total. The third-order valence-corrected chi connectivity index (χ3v) is 4.81. The summed E-state index contributed by atoms with van der Waals surface area (Å²) in [5, 5.41) is 2.90. The Morgan fingerprint density at radius 1 is 1.08 bits per heavy atom. The monoisotopic (exact) mass is 358 g/mol. The Kier molecular flexibility index (Phi) is 6.34. The second kappa shape index (κ2) is 8.90. The van der Waals surface area contributed by atoms with E-state index in [1.807, 2.05) is 0 Å². The van der Waals surface area contributed by atoms with Crippen LogP contribution in [0.5, 0.6) is 0 Å². The number of benzene rings is 2. The molecule has 3 rings (SSSR count). The molecule has 1 amide bonds. The van der Waals surface area contributed by atoms with Crippen molar-refractivity contribution in [3.8, 4) is 0 Å². The number of rotatable bonds is 7. The van der Waals surface area contributed by atoms with Gasteiger partial charge in [0, 0.05) is 32.6 Å². The van der Waals surface area contributed by atoms with Crippen LogP contribution in [0.1, 0.15) is 29.5 Å². The van der Waals surface area contributed by atoms with Crippen molar-refractivity contribution < 1.29 is 13.6 Å². The lowest BCUT2D eigenvalue weighted by atomic mass is 10.00. The fourth-order valence-corrected chi connectivity index (χ4v) is 3.32. The third-order valence-electron chi connectivity index (χ3n) is 4.81. The van der Waals surface area contributed by atoms with E-state index in [1.165, 1.54) is 17.2 Å². The highest BCUT2D eigenvalue weighted by atomic mass is 19.2. The zero-order valence-corrected chi connectivity index (χ0v) is 14.8. The molecule has 0 bridgehead atoms. The minimum atomic E-state index is -0.869. The number of amides is 1. The maximum atomic E-state index is 13.1. The number of hydrogen-bond acceptors (Lipinski definition) is 2. The van der Waals surface area contributed by atoms with Crippen molar-refractivity contribution in [1.82, 2.24) is 10.2 Å². The molecule has 1 aliphatic heterocycles. The molecular weight excluding hydrogens is 334 g/mol. The van der Waals surface area contributed by atoms with Crippen LogP contribution >= 0.6 is 0 Å². The first-order valence-corrected chi connectivity index (χ1v) is 9.11. The molecule has 0 spiro atoms. The summed E-state index contributed by atoms with van der Waals surface area (Å²) in [6.45, 7) is 3.62. The average molecular weight is 358 g/mol. The van der Waals surface area contributed by atoms with Gasteiger partial charge in [0.2, 0.25) is 5.91 Å². The van der Waals surface area contributed by atoms with Crippen molar-refractivity contribution >= 4 is 5.91 Å². The number of nitrogens with zero attached hydrogens (tertiary/aromatic N) is 1. The molecular formula is C21H24F2N2O. The molecule has 2 aromatic carbocycles. The Bertz CT molecular complexity index is 763. The van der Waals surface area contributed by atoms with Crippen LogP contribution in [-0.2, 0) is 24.2 Å². The first-order valence-electron chi connectivity index (χ1n) is 9.11. The first kappa shape index (κ1) is 18.5. The number of nitrogens with one attached hydrogen (secondary N) is 1. The molecule has 138 valence electrons. The highest BCUT2D eigenvalue weighted by Gasteiger charge is 2.15. The highest BCUT2D eigenvalue weighted by molar-refractivity contribution is 5.76. The standard InChI is InChI=1S/C21H24F2N2O/c22-19-8-6-16(14-20(19)23)7-9-21(26)24-11-3-12-25-13-10-17-4-1-2-5-18(17)15-25/h1-2,4-6,8,14H,3,7,9-13,15H2,(H,24,26). The van der Waals surface area contributed by atoms with E-state index in [0.717, 1.165) is 44.6 Å². The van der Waals surface area contributed by atoms with Crippen molar-refractivity contribution in [3.63, 3.8) is 0 Å². The zero-order valence-electron chi connectivity index (χ0n) is 14.8. The van der Waals surface area contributed by atoms with Gasteiger partial charge in [-0.15, -0.1) is 0 Å². The number of halogens is 2. The molecule has 0 saturated heterocycles. The van der Waals surface area contributed by atoms with Crippen LogP contribution in [0.4, 0.5) is 8.78 Å². The third kappa shape index (κ3) is 5.11. The van der Waals surface area contributed by atoms with Crippen molar-refractivity contribution in [2.75, 3.05) is 19.6 Å². The van der Waals surface area contributed by atoms with Gasteiger partial charge in [-0.1, -0.05) is 30.3 Å². The molecule has 1 heterocycles. The van der Waals surface area contributed by atoms with E-state index in [1.54, 1.807) is 0 Å². The van der Waals surface area contributed by atoms with Crippen LogP contribution in [-0.4, -0.2) is 30.4 Å². The quantitative estimate of drug-likeness (QED) is 0.769. The summed E-state index contributed by atoms with van der Waals surface area (Å²) in [7, 11) is 0. The second-order valence-electron chi connectivity index (χ2n) is 6.75. The van der Waals surface area contributed by atoms with Gasteiger partial charge in [0.25, 0.3) is 0 Å². The number of aryl methyl sites for hydroxylation is 1. The summed E-state index contributed by atoms with van der Waals surface area (Å²) < 4.78 is 26.0. The molecule has 0 atom stereocenters. The molecule has 2 aromatic rings. The van der Waals surface area contributed by atoms with E-state index in [9.17, 15) is 13.6 Å². The topological polar surface area (TPSA) is 32.3 Å². The molecule has 0 fully saturated rings. The molecule has 0 unspecified atom stereocenters. The summed E-state index contributed by atoms with van der Waals surface area (Å²) in [6.07, 6.45) is 2.67. The summed E-state index contributed by atoms with van der Waals surface area (Å²) in [4.78, 5) is 14.3. The maximum Gasteiger partial charge on any atom is 0.220 e. The van der Waals surface area contributed by atoms with Crippen molar-refractivity contribution in [1.29, 1.82) is 0 Å². The number of hydrogen-bond donors (Lipinski definition) is 1. The summed E-state index contributed by atoms with van der Waals surface area (Å²) in [5.74, 6) is -1.79. The molecule has 0 saturated carbocycles. The summed E-state index contributed by atoms with van der Waals surface area (Å²) in [5.41, 5.74) is 3.47. The summed E-state index contributed by atoms with van der Waals surface area (Å²) >= 11 is 0. The Morgan fingerprint density at radius 2 is 1.88 bits per heavy atom. The van der Waals surface area contributed by atoms with Gasteiger partial charge in [-0.2, -0.15) is 0 Å². The molecule has 1 aliphatic rings. The first-order chi connectivity index (χ1) is 12.6.